The Labute approximate surface area is 210 Å². The second kappa shape index (κ2) is 10.6. The van der Waals surface area contributed by atoms with Gasteiger partial charge in [0.25, 0.3) is 0 Å². The molecule has 35 heavy (non-hydrogen) atoms. The molecule has 5 rings (SSSR count). The zero-order valence-electron chi connectivity index (χ0n) is 20.3. The van der Waals surface area contributed by atoms with Crippen molar-refractivity contribution in [2.24, 2.45) is 0 Å². The van der Waals surface area contributed by atoms with Crippen molar-refractivity contribution in [1.82, 2.24) is 14.8 Å². The van der Waals surface area contributed by atoms with Crippen molar-refractivity contribution in [2.45, 2.75) is 57.5 Å². The fourth-order valence-corrected chi connectivity index (χ4v) is 6.32. The zero-order chi connectivity index (χ0) is 24.4. The first-order valence-electron chi connectivity index (χ1n) is 12.7. The molecule has 1 atom stereocenters. The van der Waals surface area contributed by atoms with Gasteiger partial charge in [0, 0.05) is 36.4 Å². The standard InChI is InChI=1S/C27H34FN5OS/c1-2-18-17-19(5-10-23(18)28)24(34)25-26(29)31-27(35-25)30-20-6-8-21(9-7-20)33-15-11-22(12-16-33)32-13-3-4-14-32/h5-8,10,17,21-22H,2-4,9,11-16,29H2,1H3,(H,30,31). The van der Waals surface area contributed by atoms with Gasteiger partial charge in [-0.15, -0.1) is 0 Å². The smallest absolute Gasteiger partial charge is 0.206 e. The first-order valence-corrected chi connectivity index (χ1v) is 13.6. The quantitative estimate of drug-likeness (QED) is 0.536. The number of nitrogens with one attached hydrogen (secondary N) is 1. The number of hydrogen-bond donors (Lipinski definition) is 2. The second-order valence-corrected chi connectivity index (χ2v) is 10.7. The fraction of sp³-hybridized carbons (Fsp3) is 0.481. The lowest BCUT2D eigenvalue weighted by molar-refractivity contribution is 0.104. The number of nitrogens with zero attached hydrogens (tertiary/aromatic N) is 3. The van der Waals surface area contributed by atoms with Crippen LogP contribution in [0.5, 0.6) is 0 Å². The Morgan fingerprint density at radius 3 is 2.66 bits per heavy atom. The molecule has 2 aliphatic heterocycles. The van der Waals surface area contributed by atoms with Gasteiger partial charge in [0.2, 0.25) is 5.78 Å². The van der Waals surface area contributed by atoms with Gasteiger partial charge in [0.1, 0.15) is 16.5 Å². The van der Waals surface area contributed by atoms with E-state index in [0.29, 0.717) is 33.6 Å². The van der Waals surface area contributed by atoms with Crippen LogP contribution in [0.4, 0.5) is 15.3 Å². The highest BCUT2D eigenvalue weighted by Gasteiger charge is 2.29. The van der Waals surface area contributed by atoms with Gasteiger partial charge in [-0.1, -0.05) is 30.4 Å². The molecule has 0 bridgehead atoms. The summed E-state index contributed by atoms with van der Waals surface area (Å²) in [6.45, 7) is 6.74. The summed E-state index contributed by atoms with van der Waals surface area (Å²) in [7, 11) is 0. The summed E-state index contributed by atoms with van der Waals surface area (Å²) in [6, 6.07) is 5.65. The maximum atomic E-state index is 13.8. The molecular formula is C27H34FN5OS. The number of carbonyl (C=O) groups is 1. The number of carbonyl (C=O) groups excluding carboxylic acids is 1. The maximum absolute atomic E-state index is 13.8. The molecule has 3 heterocycles. The molecule has 186 valence electrons. The molecule has 0 radical (unpaired) electrons. The van der Waals surface area contributed by atoms with E-state index in [1.165, 1.54) is 62.2 Å². The van der Waals surface area contributed by atoms with Gasteiger partial charge in [0.05, 0.1) is 0 Å². The number of aryl methyl sites for hydroxylation is 1. The number of nitrogens with two attached hydrogens (primary N) is 1. The number of rotatable bonds is 7. The number of aromatic nitrogens is 1. The Kier molecular flexibility index (Phi) is 7.32. The van der Waals surface area contributed by atoms with Gasteiger partial charge in [-0.05, 0) is 81.5 Å². The predicted molar refractivity (Wildman–Crippen MR) is 140 cm³/mol. The van der Waals surface area contributed by atoms with E-state index in [2.05, 4.69) is 38.3 Å². The third-order valence-corrected chi connectivity index (χ3v) is 8.49. The Morgan fingerprint density at radius 2 is 1.97 bits per heavy atom. The van der Waals surface area contributed by atoms with E-state index >= 15 is 0 Å². The first-order chi connectivity index (χ1) is 17.0. The van der Waals surface area contributed by atoms with Crippen LogP contribution in [-0.4, -0.2) is 58.8 Å². The lowest BCUT2D eigenvalue weighted by Crippen LogP contribution is -2.47. The van der Waals surface area contributed by atoms with Crippen LogP contribution in [0.3, 0.4) is 0 Å². The van der Waals surface area contributed by atoms with E-state index in [1.807, 2.05) is 6.92 Å². The van der Waals surface area contributed by atoms with Crippen LogP contribution < -0.4 is 11.1 Å². The van der Waals surface area contributed by atoms with Gasteiger partial charge < -0.3 is 16.0 Å². The molecule has 1 unspecified atom stereocenters. The minimum Gasteiger partial charge on any atom is -0.382 e. The minimum absolute atomic E-state index is 0.198. The van der Waals surface area contributed by atoms with Gasteiger partial charge in [-0.2, -0.15) is 0 Å². The molecule has 3 N–H and O–H groups in total. The van der Waals surface area contributed by atoms with Gasteiger partial charge in [-0.3, -0.25) is 9.69 Å². The van der Waals surface area contributed by atoms with Crippen molar-refractivity contribution in [3.05, 3.63) is 63.9 Å². The van der Waals surface area contributed by atoms with Crippen molar-refractivity contribution < 1.29 is 9.18 Å². The summed E-state index contributed by atoms with van der Waals surface area (Å²) in [6.07, 6.45) is 13.3. The molecule has 2 saturated heterocycles. The van der Waals surface area contributed by atoms with Crippen molar-refractivity contribution in [1.29, 1.82) is 0 Å². The van der Waals surface area contributed by atoms with Crippen molar-refractivity contribution in [2.75, 3.05) is 37.2 Å². The molecule has 0 amide bonds. The monoisotopic (exact) mass is 495 g/mol. The van der Waals surface area contributed by atoms with Crippen LogP contribution in [0, 0.1) is 5.82 Å². The van der Waals surface area contributed by atoms with E-state index in [1.54, 1.807) is 6.07 Å². The predicted octanol–water partition coefficient (Wildman–Crippen LogP) is 4.84. The molecule has 6 nitrogen and oxygen atoms in total. The second-order valence-electron chi connectivity index (χ2n) is 9.68. The summed E-state index contributed by atoms with van der Waals surface area (Å²) in [4.78, 5) is 23.0. The largest absolute Gasteiger partial charge is 0.382 e. The van der Waals surface area contributed by atoms with Crippen LogP contribution >= 0.6 is 11.3 Å². The molecule has 2 aromatic rings. The number of hydrogen-bond acceptors (Lipinski definition) is 7. The van der Waals surface area contributed by atoms with E-state index < -0.39 is 0 Å². The summed E-state index contributed by atoms with van der Waals surface area (Å²) < 4.78 is 13.8. The average Bonchev–Trinajstić information content (AvgIpc) is 3.55. The Morgan fingerprint density at radius 1 is 1.20 bits per heavy atom. The zero-order valence-corrected chi connectivity index (χ0v) is 21.1. The minimum atomic E-state index is -0.297. The number of nitrogen functional groups attached to an aromatic ring is 1. The summed E-state index contributed by atoms with van der Waals surface area (Å²) in [5, 5.41) is 3.90. The molecule has 0 spiro atoms. The first kappa shape index (κ1) is 24.2. The van der Waals surface area contributed by atoms with Gasteiger partial charge in [-0.25, -0.2) is 9.37 Å². The average molecular weight is 496 g/mol. The van der Waals surface area contributed by atoms with E-state index in [4.69, 9.17) is 5.73 Å². The van der Waals surface area contributed by atoms with Crippen LogP contribution in [0.25, 0.3) is 0 Å². The number of piperidine rings is 1. The van der Waals surface area contributed by atoms with Gasteiger partial charge in [0.15, 0.2) is 5.13 Å². The highest BCUT2D eigenvalue weighted by molar-refractivity contribution is 7.18. The van der Waals surface area contributed by atoms with Gasteiger partial charge >= 0.3 is 0 Å². The summed E-state index contributed by atoms with van der Waals surface area (Å²) in [5.41, 5.74) is 7.99. The highest BCUT2D eigenvalue weighted by atomic mass is 32.1. The van der Waals surface area contributed by atoms with Crippen LogP contribution in [0.15, 0.2) is 42.1 Å². The number of ketones is 1. The van der Waals surface area contributed by atoms with E-state index in [9.17, 15) is 9.18 Å². The number of anilines is 2. The molecular weight excluding hydrogens is 461 g/mol. The third kappa shape index (κ3) is 5.34. The van der Waals surface area contributed by atoms with Crippen LogP contribution in [0.1, 0.15) is 59.8 Å². The molecule has 1 aromatic heterocycles. The van der Waals surface area contributed by atoms with Crippen molar-refractivity contribution in [3.63, 3.8) is 0 Å². The molecule has 1 aliphatic carbocycles. The maximum Gasteiger partial charge on any atom is 0.206 e. The summed E-state index contributed by atoms with van der Waals surface area (Å²) in [5.74, 6) is -0.328. The van der Waals surface area contributed by atoms with Crippen molar-refractivity contribution >= 4 is 28.1 Å². The molecule has 1 aromatic carbocycles. The number of benzene rings is 1. The highest BCUT2D eigenvalue weighted by Crippen LogP contribution is 2.30. The fourth-order valence-electron chi connectivity index (χ4n) is 5.45. The number of allylic oxidation sites excluding steroid dienone is 1. The SMILES string of the molecule is CCc1cc(C(=O)c2sc(NC3=CCC(N4CCC(N5CCCC5)CC4)C=C3)nc2N)ccc1F. The van der Waals surface area contributed by atoms with E-state index in [0.717, 1.165) is 31.2 Å². The van der Waals surface area contributed by atoms with Crippen molar-refractivity contribution in [3.8, 4) is 0 Å². The molecule has 2 fully saturated rings. The lowest BCUT2D eigenvalue weighted by Gasteiger charge is -2.40. The topological polar surface area (TPSA) is 74.5 Å². The third-order valence-electron chi connectivity index (χ3n) is 7.50. The normalized spacial score (nSPS) is 21.9. The molecule has 0 saturated carbocycles. The number of halogens is 1. The molecule has 3 aliphatic rings. The van der Waals surface area contributed by atoms with E-state index in [-0.39, 0.29) is 17.4 Å². The van der Waals surface area contributed by atoms with Crippen LogP contribution in [0.2, 0.25) is 0 Å². The molecule has 8 heteroatoms. The summed E-state index contributed by atoms with van der Waals surface area (Å²) >= 11 is 1.23. The number of likely N-dealkylation sites (tertiary alicyclic amines) is 2. The Bertz CT molecular complexity index is 1130. The lowest BCUT2D eigenvalue weighted by atomic mass is 9.98. The Balaban J connectivity index is 1.17. The number of thiazole rings is 1. The van der Waals surface area contributed by atoms with Crippen LogP contribution in [-0.2, 0) is 6.42 Å². The Hall–Kier alpha value is -2.55.